The van der Waals surface area contributed by atoms with Crippen LogP contribution in [0.25, 0.3) is 0 Å². The molecule has 0 saturated carbocycles. The highest BCUT2D eigenvalue weighted by atomic mass is 32.2. The second-order valence-electron chi connectivity index (χ2n) is 4.65. The number of carboxylic acid groups (broad SMARTS) is 1. The third-order valence-corrected chi connectivity index (χ3v) is 4.82. The van der Waals surface area contributed by atoms with Crippen molar-refractivity contribution in [3.8, 4) is 0 Å². The molecule has 1 aromatic carbocycles. The third-order valence-electron chi connectivity index (χ3n) is 2.87. The van der Waals surface area contributed by atoms with Crippen LogP contribution in [0.3, 0.4) is 0 Å². The van der Waals surface area contributed by atoms with Crippen molar-refractivity contribution in [3.05, 3.63) is 29.3 Å². The minimum Gasteiger partial charge on any atom is -0.480 e. The maximum Gasteiger partial charge on any atom is 0.321 e. The Morgan fingerprint density at radius 1 is 1.30 bits per heavy atom. The first-order valence-corrected chi connectivity index (χ1v) is 7.66. The van der Waals surface area contributed by atoms with Crippen LogP contribution in [-0.2, 0) is 19.4 Å². The largest absolute Gasteiger partial charge is 0.480 e. The van der Waals surface area contributed by atoms with E-state index in [9.17, 15) is 18.0 Å². The number of anilines is 1. The second-order valence-corrected chi connectivity index (χ2v) is 6.98. The first kappa shape index (κ1) is 16.2. The molecular weight excluding hydrogens is 282 g/mol. The Balaban J connectivity index is 2.80. The quantitative estimate of drug-likeness (QED) is 0.849. The van der Waals surface area contributed by atoms with Crippen molar-refractivity contribution in [2.45, 2.75) is 26.0 Å². The molecule has 7 heteroatoms. The number of carbonyl (C=O) groups excluding carboxylic acids is 1. The molecule has 1 rings (SSSR count). The van der Waals surface area contributed by atoms with Gasteiger partial charge in [-0.05, 0) is 32.4 Å². The maximum absolute atomic E-state index is 11.7. The monoisotopic (exact) mass is 299 g/mol. The smallest absolute Gasteiger partial charge is 0.321 e. The van der Waals surface area contributed by atoms with Gasteiger partial charge in [0.2, 0.25) is 5.91 Å². The molecule has 1 aromatic rings. The van der Waals surface area contributed by atoms with E-state index in [1.54, 1.807) is 19.1 Å². The number of sulfone groups is 1. The summed E-state index contributed by atoms with van der Waals surface area (Å²) >= 11 is 0. The van der Waals surface area contributed by atoms with Crippen molar-refractivity contribution in [3.63, 3.8) is 0 Å². The molecule has 20 heavy (non-hydrogen) atoms. The van der Waals surface area contributed by atoms with E-state index in [1.165, 1.54) is 0 Å². The van der Waals surface area contributed by atoms with Gasteiger partial charge in [-0.25, -0.2) is 8.42 Å². The lowest BCUT2D eigenvalue weighted by molar-refractivity contribution is -0.136. The van der Waals surface area contributed by atoms with Gasteiger partial charge in [0.05, 0.1) is 0 Å². The highest BCUT2D eigenvalue weighted by Gasteiger charge is 2.30. The van der Waals surface area contributed by atoms with E-state index in [2.05, 4.69) is 5.32 Å². The van der Waals surface area contributed by atoms with Crippen LogP contribution in [0, 0.1) is 13.8 Å². The van der Waals surface area contributed by atoms with Crippen LogP contribution < -0.4 is 5.32 Å². The zero-order valence-electron chi connectivity index (χ0n) is 11.5. The molecule has 0 fully saturated rings. The van der Waals surface area contributed by atoms with Crippen molar-refractivity contribution in [1.29, 1.82) is 0 Å². The molecule has 2 N–H and O–H groups in total. The van der Waals surface area contributed by atoms with Gasteiger partial charge in [-0.3, -0.25) is 9.59 Å². The summed E-state index contributed by atoms with van der Waals surface area (Å²) in [5.41, 5.74) is 2.34. The Hall–Kier alpha value is -1.89. The predicted octanol–water partition coefficient (Wildman–Crippen LogP) is 1.13. The van der Waals surface area contributed by atoms with Crippen LogP contribution in [-0.4, -0.2) is 36.4 Å². The first-order chi connectivity index (χ1) is 9.13. The summed E-state index contributed by atoms with van der Waals surface area (Å²) < 4.78 is 23.3. The molecule has 0 aromatic heterocycles. The number of hydrogen-bond donors (Lipinski definition) is 2. The average molecular weight is 299 g/mol. The Kier molecular flexibility index (Phi) is 4.88. The fourth-order valence-corrected chi connectivity index (χ4v) is 2.60. The van der Waals surface area contributed by atoms with Gasteiger partial charge < -0.3 is 10.4 Å². The number of carboxylic acids is 1. The summed E-state index contributed by atoms with van der Waals surface area (Å²) in [6.45, 7) is 4.73. The predicted molar refractivity (Wildman–Crippen MR) is 75.4 cm³/mol. The number of aryl methyl sites for hydroxylation is 2. The zero-order valence-corrected chi connectivity index (χ0v) is 12.3. The van der Waals surface area contributed by atoms with Crippen LogP contribution in [0.15, 0.2) is 18.2 Å². The molecule has 6 nitrogen and oxygen atoms in total. The van der Waals surface area contributed by atoms with Crippen molar-refractivity contribution < 1.29 is 23.1 Å². The summed E-state index contributed by atoms with van der Waals surface area (Å²) in [6, 6.07) is 5.32. The lowest BCUT2D eigenvalue weighted by atomic mass is 10.1. The van der Waals surface area contributed by atoms with Crippen LogP contribution in [0.4, 0.5) is 5.69 Å². The molecule has 1 unspecified atom stereocenters. The van der Waals surface area contributed by atoms with E-state index in [1.807, 2.05) is 13.0 Å². The summed E-state index contributed by atoms with van der Waals surface area (Å²) in [6.07, 6.45) is 0. The molecule has 1 amide bonds. The van der Waals surface area contributed by atoms with Gasteiger partial charge >= 0.3 is 5.97 Å². The van der Waals surface area contributed by atoms with E-state index in [0.29, 0.717) is 5.69 Å². The molecule has 1 atom stereocenters. The van der Waals surface area contributed by atoms with Gasteiger partial charge in [0.15, 0.2) is 15.1 Å². The number of carbonyl (C=O) groups is 2. The standard InChI is InChI=1S/C13H17NO5S/c1-8-4-5-11(9(2)6-8)14-12(15)7-20(18,19)10(3)13(16)17/h4-6,10H,7H2,1-3H3,(H,14,15)(H,16,17). The molecule has 0 aliphatic heterocycles. The number of amides is 1. The van der Waals surface area contributed by atoms with E-state index in [4.69, 9.17) is 5.11 Å². The lowest BCUT2D eigenvalue weighted by Gasteiger charge is -2.11. The SMILES string of the molecule is Cc1ccc(NC(=O)CS(=O)(=O)C(C)C(=O)O)c(C)c1. The normalized spacial score (nSPS) is 12.8. The van der Waals surface area contributed by atoms with Gasteiger partial charge in [0, 0.05) is 5.69 Å². The summed E-state index contributed by atoms with van der Waals surface area (Å²) in [7, 11) is -4.01. The second kappa shape index (κ2) is 6.04. The minimum atomic E-state index is -4.01. The Bertz CT molecular complexity index is 636. The maximum atomic E-state index is 11.7. The average Bonchev–Trinajstić information content (AvgIpc) is 2.31. The van der Waals surface area contributed by atoms with Crippen LogP contribution in [0.5, 0.6) is 0 Å². The molecular formula is C13H17NO5S. The molecule has 0 spiro atoms. The van der Waals surface area contributed by atoms with Crippen molar-refractivity contribution in [2.75, 3.05) is 11.1 Å². The van der Waals surface area contributed by atoms with Crippen molar-refractivity contribution in [1.82, 2.24) is 0 Å². The topological polar surface area (TPSA) is 101 Å². The van der Waals surface area contributed by atoms with Crippen LogP contribution in [0.1, 0.15) is 18.1 Å². The Morgan fingerprint density at radius 2 is 1.90 bits per heavy atom. The molecule has 0 bridgehead atoms. The molecule has 0 saturated heterocycles. The van der Waals surface area contributed by atoms with Crippen LogP contribution in [0.2, 0.25) is 0 Å². The van der Waals surface area contributed by atoms with E-state index in [0.717, 1.165) is 18.1 Å². The van der Waals surface area contributed by atoms with Gasteiger partial charge in [0.25, 0.3) is 0 Å². The van der Waals surface area contributed by atoms with Gasteiger partial charge in [0.1, 0.15) is 5.75 Å². The molecule has 0 aliphatic carbocycles. The number of benzene rings is 1. The summed E-state index contributed by atoms with van der Waals surface area (Å²) in [4.78, 5) is 22.4. The van der Waals surface area contributed by atoms with E-state index >= 15 is 0 Å². The highest BCUT2D eigenvalue weighted by molar-refractivity contribution is 7.93. The number of aliphatic carboxylic acids is 1. The highest BCUT2D eigenvalue weighted by Crippen LogP contribution is 2.16. The fraction of sp³-hybridized carbons (Fsp3) is 0.385. The van der Waals surface area contributed by atoms with Crippen molar-refractivity contribution >= 4 is 27.4 Å². The Morgan fingerprint density at radius 3 is 2.40 bits per heavy atom. The van der Waals surface area contributed by atoms with Gasteiger partial charge in [-0.15, -0.1) is 0 Å². The number of nitrogens with one attached hydrogen (secondary N) is 1. The third kappa shape index (κ3) is 4.06. The van der Waals surface area contributed by atoms with E-state index < -0.39 is 32.7 Å². The van der Waals surface area contributed by atoms with E-state index in [-0.39, 0.29) is 0 Å². The number of hydrogen-bond acceptors (Lipinski definition) is 4. The number of rotatable bonds is 5. The van der Waals surface area contributed by atoms with Crippen molar-refractivity contribution in [2.24, 2.45) is 0 Å². The molecule has 0 heterocycles. The fourth-order valence-electron chi connectivity index (χ4n) is 1.60. The van der Waals surface area contributed by atoms with Gasteiger partial charge in [-0.1, -0.05) is 17.7 Å². The summed E-state index contributed by atoms with van der Waals surface area (Å²) in [5, 5.41) is 9.56. The molecule has 110 valence electrons. The molecule has 0 aliphatic rings. The Labute approximate surface area is 117 Å². The lowest BCUT2D eigenvalue weighted by Crippen LogP contribution is -2.34. The van der Waals surface area contributed by atoms with Gasteiger partial charge in [-0.2, -0.15) is 0 Å². The summed E-state index contributed by atoms with van der Waals surface area (Å²) in [5.74, 6) is -3.07. The van der Waals surface area contributed by atoms with Crippen LogP contribution >= 0.6 is 0 Å². The zero-order chi connectivity index (χ0) is 15.5. The minimum absolute atomic E-state index is 0.513. The molecule has 0 radical (unpaired) electrons. The first-order valence-electron chi connectivity index (χ1n) is 5.95.